The summed E-state index contributed by atoms with van der Waals surface area (Å²) in [4.78, 5) is 25.9. The van der Waals surface area contributed by atoms with Gasteiger partial charge in [0, 0.05) is 13.1 Å². The molecule has 2 fully saturated rings. The number of aliphatic carboxylic acids is 1. The summed E-state index contributed by atoms with van der Waals surface area (Å²) >= 11 is 0. The minimum Gasteiger partial charge on any atom is -0.480 e. The zero-order chi connectivity index (χ0) is 15.0. The van der Waals surface area contributed by atoms with Gasteiger partial charge in [0.1, 0.15) is 5.41 Å². The SMILES string of the molecule is CC(C)(C)C1CCCN(C(=O)C2(C(=O)O)CCC2)CC1. The van der Waals surface area contributed by atoms with Crippen LogP contribution < -0.4 is 0 Å². The van der Waals surface area contributed by atoms with E-state index in [4.69, 9.17) is 0 Å². The Morgan fingerprint density at radius 3 is 2.20 bits per heavy atom. The molecule has 1 aliphatic heterocycles. The summed E-state index contributed by atoms with van der Waals surface area (Å²) in [5.41, 5.74) is -0.832. The van der Waals surface area contributed by atoms with Gasteiger partial charge in [-0.25, -0.2) is 0 Å². The molecule has 1 unspecified atom stereocenters. The van der Waals surface area contributed by atoms with Crippen molar-refractivity contribution in [3.8, 4) is 0 Å². The average Bonchev–Trinajstić information content (AvgIpc) is 2.50. The molecular formula is C16H27NO3. The van der Waals surface area contributed by atoms with Gasteiger partial charge >= 0.3 is 5.97 Å². The lowest BCUT2D eigenvalue weighted by atomic mass is 9.67. The van der Waals surface area contributed by atoms with E-state index in [1.807, 2.05) is 4.90 Å². The van der Waals surface area contributed by atoms with E-state index < -0.39 is 11.4 Å². The van der Waals surface area contributed by atoms with Crippen LogP contribution in [0.1, 0.15) is 59.3 Å². The smallest absolute Gasteiger partial charge is 0.319 e. The largest absolute Gasteiger partial charge is 0.480 e. The third-order valence-corrected chi connectivity index (χ3v) is 5.27. The number of carboxylic acids is 1. The van der Waals surface area contributed by atoms with Crippen LogP contribution in [0, 0.1) is 16.7 Å². The number of carboxylic acid groups (broad SMARTS) is 1. The van der Waals surface area contributed by atoms with Crippen LogP contribution in [0.5, 0.6) is 0 Å². The molecule has 4 heteroatoms. The van der Waals surface area contributed by atoms with Crippen LogP contribution in [-0.4, -0.2) is 35.0 Å². The molecule has 2 rings (SSSR count). The molecule has 1 heterocycles. The van der Waals surface area contributed by atoms with E-state index >= 15 is 0 Å². The molecule has 0 aromatic carbocycles. The van der Waals surface area contributed by atoms with Crippen LogP contribution in [-0.2, 0) is 9.59 Å². The number of rotatable bonds is 2. The minimum atomic E-state index is -1.10. The number of likely N-dealkylation sites (tertiary alicyclic amines) is 1. The standard InChI is InChI=1S/C16H27NO3/c1-15(2,3)12-6-4-10-17(11-7-12)13(18)16(14(19)20)8-5-9-16/h12H,4-11H2,1-3H3,(H,19,20). The Balaban J connectivity index is 2.04. The van der Waals surface area contributed by atoms with E-state index in [1.165, 1.54) is 0 Å². The van der Waals surface area contributed by atoms with Crippen molar-refractivity contribution in [2.75, 3.05) is 13.1 Å². The van der Waals surface area contributed by atoms with Crippen molar-refractivity contribution in [2.24, 2.45) is 16.7 Å². The van der Waals surface area contributed by atoms with E-state index in [1.54, 1.807) is 0 Å². The molecule has 1 aliphatic carbocycles. The fraction of sp³-hybridized carbons (Fsp3) is 0.875. The van der Waals surface area contributed by atoms with Gasteiger partial charge < -0.3 is 10.0 Å². The Morgan fingerprint density at radius 1 is 1.10 bits per heavy atom. The van der Waals surface area contributed by atoms with Crippen molar-refractivity contribution in [3.05, 3.63) is 0 Å². The summed E-state index contributed by atoms with van der Waals surface area (Å²) in [6.45, 7) is 8.19. The Labute approximate surface area is 121 Å². The minimum absolute atomic E-state index is 0.134. The predicted molar refractivity (Wildman–Crippen MR) is 77.3 cm³/mol. The van der Waals surface area contributed by atoms with Crippen LogP contribution >= 0.6 is 0 Å². The second-order valence-electron chi connectivity index (χ2n) is 7.53. The monoisotopic (exact) mass is 281 g/mol. The average molecular weight is 281 g/mol. The molecule has 1 amide bonds. The van der Waals surface area contributed by atoms with Crippen LogP contribution in [0.4, 0.5) is 0 Å². The van der Waals surface area contributed by atoms with Crippen LogP contribution in [0.15, 0.2) is 0 Å². The lowest BCUT2D eigenvalue weighted by Crippen LogP contribution is -2.52. The summed E-state index contributed by atoms with van der Waals surface area (Å²) in [6, 6.07) is 0. The molecule has 114 valence electrons. The zero-order valence-corrected chi connectivity index (χ0v) is 12.9. The second kappa shape index (κ2) is 5.38. The van der Waals surface area contributed by atoms with Gasteiger partial charge in [-0.15, -0.1) is 0 Å². The van der Waals surface area contributed by atoms with Crippen molar-refractivity contribution < 1.29 is 14.7 Å². The zero-order valence-electron chi connectivity index (χ0n) is 12.9. The maximum absolute atomic E-state index is 12.6. The Kier molecular flexibility index (Phi) is 4.12. The van der Waals surface area contributed by atoms with E-state index in [0.717, 1.165) is 38.8 Å². The topological polar surface area (TPSA) is 57.6 Å². The first kappa shape index (κ1) is 15.3. The van der Waals surface area contributed by atoms with Crippen molar-refractivity contribution in [3.63, 3.8) is 0 Å². The summed E-state index contributed by atoms with van der Waals surface area (Å²) in [5.74, 6) is -0.446. The molecule has 0 spiro atoms. The first-order valence-electron chi connectivity index (χ1n) is 7.80. The molecule has 0 radical (unpaired) electrons. The number of carbonyl (C=O) groups excluding carboxylic acids is 1. The fourth-order valence-electron chi connectivity index (χ4n) is 3.52. The first-order chi connectivity index (χ1) is 9.27. The van der Waals surface area contributed by atoms with Crippen molar-refractivity contribution in [2.45, 2.75) is 59.3 Å². The molecule has 1 N–H and O–H groups in total. The number of hydrogen-bond donors (Lipinski definition) is 1. The number of carbonyl (C=O) groups is 2. The molecule has 0 bridgehead atoms. The van der Waals surface area contributed by atoms with Crippen LogP contribution in [0.3, 0.4) is 0 Å². The van der Waals surface area contributed by atoms with Gasteiger partial charge in [-0.05, 0) is 43.4 Å². The number of hydrogen-bond acceptors (Lipinski definition) is 2. The highest BCUT2D eigenvalue weighted by Crippen LogP contribution is 2.43. The maximum Gasteiger partial charge on any atom is 0.319 e. The van der Waals surface area contributed by atoms with E-state index in [-0.39, 0.29) is 11.3 Å². The second-order valence-corrected chi connectivity index (χ2v) is 7.53. The van der Waals surface area contributed by atoms with Gasteiger partial charge in [-0.2, -0.15) is 0 Å². The quantitative estimate of drug-likeness (QED) is 0.792. The van der Waals surface area contributed by atoms with Crippen molar-refractivity contribution >= 4 is 11.9 Å². The number of nitrogens with zero attached hydrogens (tertiary/aromatic N) is 1. The lowest BCUT2D eigenvalue weighted by molar-refractivity contribution is -0.167. The maximum atomic E-state index is 12.6. The molecule has 1 saturated carbocycles. The van der Waals surface area contributed by atoms with E-state index in [9.17, 15) is 14.7 Å². The van der Waals surface area contributed by atoms with Gasteiger partial charge in [0.15, 0.2) is 0 Å². The summed E-state index contributed by atoms with van der Waals surface area (Å²) in [6.07, 6.45) is 5.00. The molecular weight excluding hydrogens is 254 g/mol. The molecule has 0 aromatic heterocycles. The summed E-state index contributed by atoms with van der Waals surface area (Å²) < 4.78 is 0. The highest BCUT2D eigenvalue weighted by atomic mass is 16.4. The van der Waals surface area contributed by atoms with Gasteiger partial charge in [-0.1, -0.05) is 27.2 Å². The van der Waals surface area contributed by atoms with Gasteiger partial charge in [0.05, 0.1) is 0 Å². The molecule has 1 saturated heterocycles. The van der Waals surface area contributed by atoms with Crippen molar-refractivity contribution in [1.29, 1.82) is 0 Å². The Bertz CT molecular complexity index is 393. The molecule has 4 nitrogen and oxygen atoms in total. The normalized spacial score (nSPS) is 26.6. The van der Waals surface area contributed by atoms with Crippen LogP contribution in [0.25, 0.3) is 0 Å². The first-order valence-corrected chi connectivity index (χ1v) is 7.80. The third kappa shape index (κ3) is 2.70. The highest BCUT2D eigenvalue weighted by molar-refractivity contribution is 6.02. The highest BCUT2D eigenvalue weighted by Gasteiger charge is 2.53. The van der Waals surface area contributed by atoms with Gasteiger partial charge in [-0.3, -0.25) is 9.59 Å². The third-order valence-electron chi connectivity index (χ3n) is 5.27. The predicted octanol–water partition coefficient (Wildman–Crippen LogP) is 2.92. The molecule has 0 aromatic rings. The van der Waals surface area contributed by atoms with E-state index in [2.05, 4.69) is 20.8 Å². The van der Waals surface area contributed by atoms with Gasteiger partial charge in [0.2, 0.25) is 5.91 Å². The fourth-order valence-corrected chi connectivity index (χ4v) is 3.52. The molecule has 2 aliphatic rings. The molecule has 1 atom stereocenters. The Hall–Kier alpha value is -1.06. The number of amides is 1. The lowest BCUT2D eigenvalue weighted by Gasteiger charge is -2.39. The van der Waals surface area contributed by atoms with Gasteiger partial charge in [0.25, 0.3) is 0 Å². The van der Waals surface area contributed by atoms with Crippen molar-refractivity contribution in [1.82, 2.24) is 4.90 Å². The van der Waals surface area contributed by atoms with Crippen LogP contribution in [0.2, 0.25) is 0 Å². The summed E-state index contributed by atoms with van der Waals surface area (Å²) in [5, 5.41) is 9.39. The van der Waals surface area contributed by atoms with E-state index in [0.29, 0.717) is 18.8 Å². The Morgan fingerprint density at radius 2 is 1.75 bits per heavy atom. The summed E-state index contributed by atoms with van der Waals surface area (Å²) in [7, 11) is 0. The molecule has 20 heavy (non-hydrogen) atoms.